The Morgan fingerprint density at radius 3 is 2.72 bits per heavy atom. The predicted octanol–water partition coefficient (Wildman–Crippen LogP) is 1.62. The van der Waals surface area contributed by atoms with Crippen LogP contribution in [0.4, 0.5) is 5.95 Å². The number of hydrogen-bond donors (Lipinski definition) is 1. The van der Waals surface area contributed by atoms with Gasteiger partial charge in [-0.15, -0.1) is 0 Å². The highest BCUT2D eigenvalue weighted by atomic mass is 32.2. The smallest absolute Gasteiger partial charge is 0.321 e. The Morgan fingerprint density at radius 2 is 2.11 bits per heavy atom. The Labute approximate surface area is 113 Å². The van der Waals surface area contributed by atoms with Crippen molar-refractivity contribution in [3.63, 3.8) is 0 Å². The van der Waals surface area contributed by atoms with Crippen LogP contribution in [0.15, 0.2) is 9.50 Å². The van der Waals surface area contributed by atoms with Crippen molar-refractivity contribution in [2.45, 2.75) is 23.3 Å². The van der Waals surface area contributed by atoms with E-state index in [1.165, 1.54) is 30.4 Å². The maximum atomic E-state index is 5.04. The molecule has 7 nitrogen and oxygen atoms in total. The second-order valence-electron chi connectivity index (χ2n) is 3.17. The van der Waals surface area contributed by atoms with Crippen molar-refractivity contribution in [3.8, 4) is 6.01 Å². The van der Waals surface area contributed by atoms with Crippen LogP contribution in [0, 0.1) is 6.92 Å². The number of anilines is 1. The predicted molar refractivity (Wildman–Crippen MR) is 69.3 cm³/mol. The van der Waals surface area contributed by atoms with Crippen molar-refractivity contribution in [1.82, 2.24) is 24.3 Å². The van der Waals surface area contributed by atoms with Gasteiger partial charge in [-0.05, 0) is 37.1 Å². The van der Waals surface area contributed by atoms with Gasteiger partial charge in [-0.2, -0.15) is 19.3 Å². The number of methoxy groups -OCH3 is 1. The standard InChI is InChI=1S/C9H12N6OS2/c1-4-10-6-12-7(16-3)14-8(13-6)17-9-11-5(2)15-18-9/h4H2,1-3H3,(H,10,12,13,14). The second-order valence-corrected chi connectivity index (χ2v) is 5.13. The molecule has 0 spiro atoms. The molecule has 0 aromatic carbocycles. The first-order valence-electron chi connectivity index (χ1n) is 5.23. The lowest BCUT2D eigenvalue weighted by Gasteiger charge is -2.04. The summed E-state index contributed by atoms with van der Waals surface area (Å²) in [7, 11) is 1.52. The zero-order valence-corrected chi connectivity index (χ0v) is 11.8. The molecule has 0 aliphatic carbocycles. The largest absolute Gasteiger partial charge is 0.467 e. The molecule has 0 radical (unpaired) electrons. The molecule has 2 rings (SSSR count). The zero-order chi connectivity index (χ0) is 13.0. The van der Waals surface area contributed by atoms with Crippen LogP contribution in [0.3, 0.4) is 0 Å². The molecule has 0 bridgehead atoms. The Bertz CT molecular complexity index is 532. The molecule has 9 heteroatoms. The topological polar surface area (TPSA) is 85.7 Å². The summed E-state index contributed by atoms with van der Waals surface area (Å²) < 4.78 is 9.94. The van der Waals surface area contributed by atoms with Crippen LogP contribution in [0.2, 0.25) is 0 Å². The highest BCUT2D eigenvalue weighted by Crippen LogP contribution is 2.27. The van der Waals surface area contributed by atoms with Crippen LogP contribution < -0.4 is 10.1 Å². The summed E-state index contributed by atoms with van der Waals surface area (Å²) in [5.74, 6) is 1.24. The van der Waals surface area contributed by atoms with Crippen LogP contribution in [-0.2, 0) is 0 Å². The number of ether oxygens (including phenoxy) is 1. The van der Waals surface area contributed by atoms with E-state index in [9.17, 15) is 0 Å². The van der Waals surface area contributed by atoms with E-state index in [4.69, 9.17) is 4.74 Å². The third-order valence-electron chi connectivity index (χ3n) is 1.80. The number of rotatable bonds is 5. The van der Waals surface area contributed by atoms with Crippen molar-refractivity contribution in [2.75, 3.05) is 19.0 Å². The first-order valence-corrected chi connectivity index (χ1v) is 6.82. The minimum absolute atomic E-state index is 0.282. The molecule has 96 valence electrons. The fourth-order valence-electron chi connectivity index (χ4n) is 1.11. The second kappa shape index (κ2) is 5.91. The van der Waals surface area contributed by atoms with Crippen LogP contribution in [0.1, 0.15) is 12.7 Å². The molecular formula is C9H12N6OS2. The molecule has 0 saturated carbocycles. The van der Waals surface area contributed by atoms with Crippen molar-refractivity contribution in [2.24, 2.45) is 0 Å². The lowest BCUT2D eigenvalue weighted by atomic mass is 10.7. The number of aromatic nitrogens is 5. The maximum absolute atomic E-state index is 5.04. The van der Waals surface area contributed by atoms with Crippen molar-refractivity contribution >= 4 is 29.2 Å². The van der Waals surface area contributed by atoms with Gasteiger partial charge in [0.1, 0.15) is 5.82 Å². The van der Waals surface area contributed by atoms with E-state index >= 15 is 0 Å². The Morgan fingerprint density at radius 1 is 1.28 bits per heavy atom. The van der Waals surface area contributed by atoms with Gasteiger partial charge in [0, 0.05) is 6.54 Å². The van der Waals surface area contributed by atoms with Gasteiger partial charge in [0.15, 0.2) is 4.34 Å². The Hall–Kier alpha value is -1.48. The van der Waals surface area contributed by atoms with Crippen molar-refractivity contribution in [1.29, 1.82) is 0 Å². The molecule has 0 fully saturated rings. The van der Waals surface area contributed by atoms with Crippen molar-refractivity contribution in [3.05, 3.63) is 5.82 Å². The molecule has 0 aliphatic heterocycles. The van der Waals surface area contributed by atoms with Crippen LogP contribution in [-0.4, -0.2) is 38.0 Å². The molecule has 18 heavy (non-hydrogen) atoms. The summed E-state index contributed by atoms with van der Waals surface area (Å²) in [5.41, 5.74) is 0. The monoisotopic (exact) mass is 284 g/mol. The Balaban J connectivity index is 2.23. The molecule has 1 N–H and O–H groups in total. The molecule has 0 atom stereocenters. The molecular weight excluding hydrogens is 272 g/mol. The summed E-state index contributed by atoms with van der Waals surface area (Å²) >= 11 is 2.66. The third-order valence-corrected chi connectivity index (χ3v) is 3.51. The fourth-order valence-corrected chi connectivity index (χ4v) is 2.61. The average Bonchev–Trinajstić information content (AvgIpc) is 2.75. The van der Waals surface area contributed by atoms with Crippen LogP contribution >= 0.6 is 23.3 Å². The van der Waals surface area contributed by atoms with Gasteiger partial charge >= 0.3 is 6.01 Å². The normalized spacial score (nSPS) is 10.4. The zero-order valence-electron chi connectivity index (χ0n) is 10.2. The van der Waals surface area contributed by atoms with E-state index in [-0.39, 0.29) is 6.01 Å². The number of aryl methyl sites for hydroxylation is 1. The molecule has 0 amide bonds. The summed E-state index contributed by atoms with van der Waals surface area (Å²) in [6.45, 7) is 4.55. The maximum Gasteiger partial charge on any atom is 0.321 e. The minimum Gasteiger partial charge on any atom is -0.467 e. The molecule has 0 unspecified atom stereocenters. The molecule has 2 aromatic rings. The van der Waals surface area contributed by atoms with Gasteiger partial charge in [-0.1, -0.05) is 0 Å². The van der Waals surface area contributed by atoms with Gasteiger partial charge < -0.3 is 10.1 Å². The molecule has 2 heterocycles. The number of nitrogens with zero attached hydrogens (tertiary/aromatic N) is 5. The number of nitrogens with one attached hydrogen (secondary N) is 1. The quantitative estimate of drug-likeness (QED) is 0.886. The summed E-state index contributed by atoms with van der Waals surface area (Å²) in [6, 6.07) is 0.282. The highest BCUT2D eigenvalue weighted by Gasteiger charge is 2.10. The highest BCUT2D eigenvalue weighted by molar-refractivity contribution is 8.00. The van der Waals surface area contributed by atoms with Gasteiger partial charge in [0.25, 0.3) is 0 Å². The molecule has 2 aromatic heterocycles. The molecule has 0 aliphatic rings. The van der Waals surface area contributed by atoms with Gasteiger partial charge in [0.05, 0.1) is 7.11 Å². The van der Waals surface area contributed by atoms with E-state index < -0.39 is 0 Å². The first kappa shape index (κ1) is 13.0. The SMILES string of the molecule is CCNc1nc(OC)nc(Sc2nc(C)ns2)n1. The molecule has 0 saturated heterocycles. The van der Waals surface area contributed by atoms with Gasteiger partial charge in [-0.25, -0.2) is 4.98 Å². The van der Waals surface area contributed by atoms with E-state index in [0.717, 1.165) is 16.7 Å². The summed E-state index contributed by atoms with van der Waals surface area (Å²) in [6.07, 6.45) is 0. The van der Waals surface area contributed by atoms with E-state index in [1.54, 1.807) is 0 Å². The van der Waals surface area contributed by atoms with E-state index in [1.807, 2.05) is 13.8 Å². The van der Waals surface area contributed by atoms with Gasteiger partial charge in [-0.3, -0.25) is 0 Å². The first-order chi connectivity index (χ1) is 8.71. The average molecular weight is 284 g/mol. The van der Waals surface area contributed by atoms with Crippen LogP contribution in [0.5, 0.6) is 6.01 Å². The summed E-state index contributed by atoms with van der Waals surface area (Å²) in [4.78, 5) is 16.8. The summed E-state index contributed by atoms with van der Waals surface area (Å²) in [5, 5.41) is 3.56. The van der Waals surface area contributed by atoms with Gasteiger partial charge in [0.2, 0.25) is 11.1 Å². The fraction of sp³-hybridized carbons (Fsp3) is 0.444. The minimum atomic E-state index is 0.282. The van der Waals surface area contributed by atoms with Crippen LogP contribution in [0.25, 0.3) is 0 Å². The Kier molecular flexibility index (Phi) is 4.26. The lowest BCUT2D eigenvalue weighted by Crippen LogP contribution is -2.05. The third kappa shape index (κ3) is 3.26. The number of hydrogen-bond acceptors (Lipinski definition) is 9. The van der Waals surface area contributed by atoms with E-state index in [0.29, 0.717) is 11.1 Å². The van der Waals surface area contributed by atoms with E-state index in [2.05, 4.69) is 29.6 Å². The van der Waals surface area contributed by atoms with Crippen molar-refractivity contribution < 1.29 is 4.74 Å². The lowest BCUT2D eigenvalue weighted by molar-refractivity contribution is 0.373.